The van der Waals surface area contributed by atoms with E-state index >= 15 is 0 Å². The summed E-state index contributed by atoms with van der Waals surface area (Å²) in [6, 6.07) is 11.9. The van der Waals surface area contributed by atoms with Crippen molar-refractivity contribution in [3.8, 4) is 0 Å². The van der Waals surface area contributed by atoms with Crippen molar-refractivity contribution in [1.29, 1.82) is 0 Å². The van der Waals surface area contributed by atoms with Crippen LogP contribution in [0, 0.1) is 19.7 Å². The lowest BCUT2D eigenvalue weighted by molar-refractivity contribution is -0.917. The zero-order valence-electron chi connectivity index (χ0n) is 14.6. The maximum Gasteiger partial charge on any atom is 0.243 e. The van der Waals surface area contributed by atoms with Gasteiger partial charge in [0.2, 0.25) is 10.0 Å². The molecular weight excluding hydrogens is 339 g/mol. The van der Waals surface area contributed by atoms with E-state index in [0.29, 0.717) is 18.0 Å². The van der Waals surface area contributed by atoms with Crippen LogP contribution in [-0.4, -0.2) is 38.9 Å². The molecule has 25 heavy (non-hydrogen) atoms. The van der Waals surface area contributed by atoms with Crippen LogP contribution in [0.15, 0.2) is 47.4 Å². The highest BCUT2D eigenvalue weighted by molar-refractivity contribution is 7.89. The lowest BCUT2D eigenvalue weighted by Gasteiger charge is -2.31. The predicted molar refractivity (Wildman–Crippen MR) is 95.5 cm³/mol. The third kappa shape index (κ3) is 4.08. The maximum absolute atomic E-state index is 13.3. The van der Waals surface area contributed by atoms with Gasteiger partial charge in [0.25, 0.3) is 0 Å². The standard InChI is InChI=1S/C19H23FN2O2S/c1-15-6-7-19(12-16(15)2)25(23,24)22-10-8-21(9-11-22)14-17-4-3-5-18(20)13-17/h3-7,12-13H,8-11,14H2,1-2H3/p+1. The van der Waals surface area contributed by atoms with Gasteiger partial charge in [-0.15, -0.1) is 0 Å². The second-order valence-electron chi connectivity index (χ2n) is 6.71. The highest BCUT2D eigenvalue weighted by atomic mass is 32.2. The lowest BCUT2D eigenvalue weighted by Crippen LogP contribution is -3.13. The van der Waals surface area contributed by atoms with Gasteiger partial charge in [-0.05, 0) is 49.2 Å². The fraction of sp³-hybridized carbons (Fsp3) is 0.368. The first-order valence-corrected chi connectivity index (χ1v) is 9.96. The molecule has 2 aromatic rings. The zero-order valence-corrected chi connectivity index (χ0v) is 15.4. The zero-order chi connectivity index (χ0) is 18.0. The van der Waals surface area contributed by atoms with E-state index in [2.05, 4.69) is 0 Å². The van der Waals surface area contributed by atoms with Crippen LogP contribution in [0.5, 0.6) is 0 Å². The van der Waals surface area contributed by atoms with Gasteiger partial charge in [0.15, 0.2) is 0 Å². The van der Waals surface area contributed by atoms with Crippen LogP contribution in [-0.2, 0) is 16.6 Å². The number of hydrogen-bond donors (Lipinski definition) is 1. The van der Waals surface area contributed by atoms with Crippen molar-refractivity contribution >= 4 is 10.0 Å². The lowest BCUT2D eigenvalue weighted by atomic mass is 10.1. The van der Waals surface area contributed by atoms with Gasteiger partial charge < -0.3 is 4.90 Å². The molecular formula is C19H24FN2O2S+. The number of rotatable bonds is 4. The summed E-state index contributed by atoms with van der Waals surface area (Å²) in [5.74, 6) is -0.229. The summed E-state index contributed by atoms with van der Waals surface area (Å²) >= 11 is 0. The van der Waals surface area contributed by atoms with Crippen LogP contribution in [0.2, 0.25) is 0 Å². The number of nitrogens with one attached hydrogen (secondary N) is 1. The second kappa shape index (κ2) is 7.23. The van der Waals surface area contributed by atoms with Gasteiger partial charge in [-0.3, -0.25) is 0 Å². The largest absolute Gasteiger partial charge is 0.329 e. The van der Waals surface area contributed by atoms with Crippen LogP contribution in [0.3, 0.4) is 0 Å². The van der Waals surface area contributed by atoms with E-state index in [-0.39, 0.29) is 5.82 Å². The fourth-order valence-corrected chi connectivity index (χ4v) is 4.71. The Hall–Kier alpha value is -1.76. The summed E-state index contributed by atoms with van der Waals surface area (Å²) in [4.78, 5) is 1.64. The van der Waals surface area contributed by atoms with E-state index in [0.717, 1.165) is 36.3 Å². The second-order valence-corrected chi connectivity index (χ2v) is 8.64. The Morgan fingerprint density at radius 2 is 1.76 bits per heavy atom. The monoisotopic (exact) mass is 363 g/mol. The third-order valence-electron chi connectivity index (χ3n) is 4.89. The molecule has 3 rings (SSSR count). The predicted octanol–water partition coefficient (Wildman–Crippen LogP) is 1.53. The molecule has 0 bridgehead atoms. The fourth-order valence-electron chi connectivity index (χ4n) is 3.18. The molecule has 0 spiro atoms. The molecule has 0 unspecified atom stereocenters. The first kappa shape index (κ1) is 18.0. The molecule has 134 valence electrons. The highest BCUT2D eigenvalue weighted by Crippen LogP contribution is 2.19. The van der Waals surface area contributed by atoms with Gasteiger partial charge in [-0.1, -0.05) is 18.2 Å². The first-order chi connectivity index (χ1) is 11.9. The normalized spacial score (nSPS) is 16.9. The molecule has 0 atom stereocenters. The average Bonchev–Trinajstić information content (AvgIpc) is 2.58. The molecule has 1 aliphatic rings. The van der Waals surface area contributed by atoms with Gasteiger partial charge in [-0.25, -0.2) is 12.8 Å². The van der Waals surface area contributed by atoms with Gasteiger partial charge >= 0.3 is 0 Å². The Labute approximate surface area is 148 Å². The summed E-state index contributed by atoms with van der Waals surface area (Å²) in [5.41, 5.74) is 3.01. The van der Waals surface area contributed by atoms with Crippen LogP contribution >= 0.6 is 0 Å². The summed E-state index contributed by atoms with van der Waals surface area (Å²) in [6.45, 7) is 7.03. The smallest absolute Gasteiger partial charge is 0.243 e. The van der Waals surface area contributed by atoms with Crippen molar-refractivity contribution in [3.63, 3.8) is 0 Å². The van der Waals surface area contributed by atoms with E-state index in [1.54, 1.807) is 28.6 Å². The Morgan fingerprint density at radius 1 is 1.04 bits per heavy atom. The summed E-state index contributed by atoms with van der Waals surface area (Å²) in [5, 5.41) is 0. The topological polar surface area (TPSA) is 41.8 Å². The Bertz CT molecular complexity index is 859. The van der Waals surface area contributed by atoms with Crippen LogP contribution in [0.25, 0.3) is 0 Å². The third-order valence-corrected chi connectivity index (χ3v) is 6.78. The molecule has 0 radical (unpaired) electrons. The van der Waals surface area contributed by atoms with Crippen molar-refractivity contribution in [2.24, 2.45) is 0 Å². The maximum atomic E-state index is 13.3. The van der Waals surface area contributed by atoms with E-state index in [9.17, 15) is 12.8 Å². The molecule has 1 fully saturated rings. The van der Waals surface area contributed by atoms with Gasteiger partial charge in [0, 0.05) is 5.56 Å². The number of hydrogen-bond acceptors (Lipinski definition) is 2. The number of quaternary nitrogens is 1. The molecule has 2 aromatic carbocycles. The minimum atomic E-state index is -3.44. The van der Waals surface area contributed by atoms with Crippen molar-refractivity contribution < 1.29 is 17.7 Å². The summed E-state index contributed by atoms with van der Waals surface area (Å²) in [7, 11) is -3.44. The summed E-state index contributed by atoms with van der Waals surface area (Å²) in [6.07, 6.45) is 0. The van der Waals surface area contributed by atoms with Crippen molar-refractivity contribution in [1.82, 2.24) is 4.31 Å². The Kier molecular flexibility index (Phi) is 5.22. The van der Waals surface area contributed by atoms with Crippen molar-refractivity contribution in [2.45, 2.75) is 25.3 Å². The van der Waals surface area contributed by atoms with E-state index in [4.69, 9.17) is 0 Å². The van der Waals surface area contributed by atoms with Crippen LogP contribution in [0.1, 0.15) is 16.7 Å². The number of halogens is 1. The molecule has 0 aliphatic carbocycles. The number of sulfonamides is 1. The Balaban J connectivity index is 1.66. The summed E-state index contributed by atoms with van der Waals surface area (Å²) < 4.78 is 40.5. The molecule has 0 saturated carbocycles. The molecule has 4 nitrogen and oxygen atoms in total. The number of benzene rings is 2. The van der Waals surface area contributed by atoms with E-state index < -0.39 is 10.0 Å². The van der Waals surface area contributed by atoms with E-state index in [1.165, 1.54) is 11.0 Å². The molecule has 1 N–H and O–H groups in total. The average molecular weight is 363 g/mol. The van der Waals surface area contributed by atoms with Crippen LogP contribution in [0.4, 0.5) is 4.39 Å². The van der Waals surface area contributed by atoms with E-state index in [1.807, 2.05) is 26.0 Å². The molecule has 1 heterocycles. The van der Waals surface area contributed by atoms with Crippen LogP contribution < -0.4 is 4.90 Å². The SMILES string of the molecule is Cc1ccc(S(=O)(=O)N2CC[NH+](Cc3cccc(F)c3)CC2)cc1C. The molecule has 6 heteroatoms. The molecule has 0 amide bonds. The molecule has 1 aliphatic heterocycles. The number of nitrogens with zero attached hydrogens (tertiary/aromatic N) is 1. The quantitative estimate of drug-likeness (QED) is 0.895. The highest BCUT2D eigenvalue weighted by Gasteiger charge is 2.30. The Morgan fingerprint density at radius 3 is 2.40 bits per heavy atom. The molecule has 1 saturated heterocycles. The number of piperazine rings is 1. The van der Waals surface area contributed by atoms with Gasteiger partial charge in [-0.2, -0.15) is 4.31 Å². The molecule has 0 aromatic heterocycles. The minimum Gasteiger partial charge on any atom is -0.329 e. The van der Waals surface area contributed by atoms with Gasteiger partial charge in [0.1, 0.15) is 12.4 Å². The van der Waals surface area contributed by atoms with Gasteiger partial charge in [0.05, 0.1) is 31.1 Å². The minimum absolute atomic E-state index is 0.229. The number of aryl methyl sites for hydroxylation is 2. The first-order valence-electron chi connectivity index (χ1n) is 8.52. The van der Waals surface area contributed by atoms with Crippen molar-refractivity contribution in [2.75, 3.05) is 26.2 Å². The van der Waals surface area contributed by atoms with Crippen molar-refractivity contribution in [3.05, 3.63) is 65.0 Å².